The number of aromatic nitrogens is 4. The zero-order chi connectivity index (χ0) is 12.1. The van der Waals surface area contributed by atoms with Gasteiger partial charge in [-0.3, -0.25) is 4.68 Å². The Bertz CT molecular complexity index is 500. The van der Waals surface area contributed by atoms with Gasteiger partial charge in [-0.2, -0.15) is 0 Å². The normalized spacial score (nSPS) is 10.4. The van der Waals surface area contributed by atoms with E-state index in [1.54, 1.807) is 18.0 Å². The largest absolute Gasteiger partial charge is 0.476 e. The second-order valence-electron chi connectivity index (χ2n) is 3.19. The third kappa shape index (κ3) is 3.28. The summed E-state index contributed by atoms with van der Waals surface area (Å²) in [6, 6.07) is 5.71. The van der Waals surface area contributed by atoms with E-state index in [0.717, 1.165) is 10.8 Å². The average Bonchev–Trinajstić information content (AvgIpc) is 2.79. The first-order valence-electron chi connectivity index (χ1n) is 4.93. The van der Waals surface area contributed by atoms with Crippen molar-refractivity contribution in [3.63, 3.8) is 0 Å². The Morgan fingerprint density at radius 3 is 3.00 bits per heavy atom. The summed E-state index contributed by atoms with van der Waals surface area (Å²) in [5.74, 6) is -0.298. The van der Waals surface area contributed by atoms with E-state index in [0.29, 0.717) is 6.54 Å². The van der Waals surface area contributed by atoms with Crippen LogP contribution in [0.25, 0.3) is 0 Å². The first-order valence-corrected chi connectivity index (χ1v) is 5.91. The van der Waals surface area contributed by atoms with E-state index in [1.807, 2.05) is 18.2 Å². The van der Waals surface area contributed by atoms with Gasteiger partial charge in [0.25, 0.3) is 0 Å². The highest BCUT2D eigenvalue weighted by Gasteiger charge is 2.07. The maximum absolute atomic E-state index is 10.6. The lowest BCUT2D eigenvalue weighted by Crippen LogP contribution is -2.01. The molecular weight excluding hydrogens is 240 g/mol. The number of pyridine rings is 1. The van der Waals surface area contributed by atoms with E-state index >= 15 is 0 Å². The van der Waals surface area contributed by atoms with Gasteiger partial charge in [0.05, 0.1) is 17.8 Å². The minimum Gasteiger partial charge on any atom is -0.476 e. The second kappa shape index (κ2) is 5.44. The summed E-state index contributed by atoms with van der Waals surface area (Å²) in [5, 5.41) is 16.9. The van der Waals surface area contributed by atoms with Crippen LogP contribution in [0.15, 0.2) is 35.6 Å². The van der Waals surface area contributed by atoms with Crippen molar-refractivity contribution in [2.45, 2.75) is 11.6 Å². The fraction of sp³-hybridized carbons (Fsp3) is 0.200. The molecule has 0 aliphatic rings. The number of carbonyl (C=O) groups is 1. The lowest BCUT2D eigenvalue weighted by molar-refractivity contribution is 0.0690. The minimum absolute atomic E-state index is 0.0344. The van der Waals surface area contributed by atoms with Crippen LogP contribution in [0.1, 0.15) is 10.5 Å². The molecule has 88 valence electrons. The molecule has 0 bridgehead atoms. The number of rotatable bonds is 5. The molecule has 0 radical (unpaired) electrons. The second-order valence-corrected chi connectivity index (χ2v) is 4.30. The lowest BCUT2D eigenvalue weighted by Gasteiger charge is -1.99. The fourth-order valence-corrected chi connectivity index (χ4v) is 1.98. The first kappa shape index (κ1) is 11.6. The number of thioether (sulfide) groups is 1. The number of carboxylic acid groups (broad SMARTS) is 1. The molecule has 0 saturated heterocycles. The summed E-state index contributed by atoms with van der Waals surface area (Å²) in [7, 11) is 0. The Morgan fingerprint density at radius 1 is 1.47 bits per heavy atom. The number of hydrogen-bond acceptors (Lipinski definition) is 5. The SMILES string of the molecule is O=C(O)c1cn(CCSc2ccccn2)nn1. The van der Waals surface area contributed by atoms with Crippen LogP contribution in [-0.4, -0.2) is 36.8 Å². The van der Waals surface area contributed by atoms with Crippen molar-refractivity contribution in [3.05, 3.63) is 36.3 Å². The molecule has 0 fully saturated rings. The highest BCUT2D eigenvalue weighted by atomic mass is 32.2. The van der Waals surface area contributed by atoms with Gasteiger partial charge in [0.1, 0.15) is 0 Å². The summed E-state index contributed by atoms with van der Waals surface area (Å²) in [4.78, 5) is 14.7. The molecule has 17 heavy (non-hydrogen) atoms. The molecule has 1 N–H and O–H groups in total. The van der Waals surface area contributed by atoms with Crippen molar-refractivity contribution >= 4 is 17.7 Å². The van der Waals surface area contributed by atoms with Crippen LogP contribution in [0, 0.1) is 0 Å². The van der Waals surface area contributed by atoms with Gasteiger partial charge in [-0.05, 0) is 12.1 Å². The third-order valence-electron chi connectivity index (χ3n) is 1.97. The van der Waals surface area contributed by atoms with Crippen LogP contribution in [0.5, 0.6) is 0 Å². The van der Waals surface area contributed by atoms with Gasteiger partial charge in [-0.25, -0.2) is 9.78 Å². The number of aromatic carboxylic acids is 1. The van der Waals surface area contributed by atoms with Gasteiger partial charge < -0.3 is 5.11 Å². The van der Waals surface area contributed by atoms with E-state index in [2.05, 4.69) is 15.3 Å². The molecule has 7 heteroatoms. The van der Waals surface area contributed by atoms with Gasteiger partial charge >= 0.3 is 5.97 Å². The molecule has 2 heterocycles. The molecule has 0 atom stereocenters. The summed E-state index contributed by atoms with van der Waals surface area (Å²) in [5.41, 5.74) is -0.0344. The zero-order valence-corrected chi connectivity index (χ0v) is 9.67. The topological polar surface area (TPSA) is 80.9 Å². The summed E-state index contributed by atoms with van der Waals surface area (Å²) in [6.07, 6.45) is 3.15. The fourth-order valence-electron chi connectivity index (χ4n) is 1.18. The number of hydrogen-bond donors (Lipinski definition) is 1. The first-order chi connectivity index (χ1) is 8.25. The van der Waals surface area contributed by atoms with Crippen molar-refractivity contribution in [1.29, 1.82) is 0 Å². The van der Waals surface area contributed by atoms with Crippen molar-refractivity contribution in [2.75, 3.05) is 5.75 Å². The van der Waals surface area contributed by atoms with E-state index in [4.69, 9.17) is 5.11 Å². The van der Waals surface area contributed by atoms with Crippen molar-refractivity contribution in [3.8, 4) is 0 Å². The van der Waals surface area contributed by atoms with E-state index in [-0.39, 0.29) is 5.69 Å². The molecule has 0 unspecified atom stereocenters. The Labute approximate surface area is 102 Å². The quantitative estimate of drug-likeness (QED) is 0.802. The van der Waals surface area contributed by atoms with Crippen LogP contribution >= 0.6 is 11.8 Å². The van der Waals surface area contributed by atoms with Crippen LogP contribution in [0.4, 0.5) is 0 Å². The van der Waals surface area contributed by atoms with Crippen LogP contribution in [0.3, 0.4) is 0 Å². The molecular formula is C10H10N4O2S. The number of nitrogens with zero attached hydrogens (tertiary/aromatic N) is 4. The molecule has 0 spiro atoms. The van der Waals surface area contributed by atoms with Crippen LogP contribution < -0.4 is 0 Å². The maximum Gasteiger partial charge on any atom is 0.358 e. The van der Waals surface area contributed by atoms with Crippen molar-refractivity contribution in [1.82, 2.24) is 20.0 Å². The van der Waals surface area contributed by atoms with Crippen molar-refractivity contribution in [2.24, 2.45) is 0 Å². The molecule has 2 rings (SSSR count). The smallest absolute Gasteiger partial charge is 0.358 e. The van der Waals surface area contributed by atoms with E-state index in [1.165, 1.54) is 10.9 Å². The van der Waals surface area contributed by atoms with Crippen LogP contribution in [0.2, 0.25) is 0 Å². The molecule has 2 aromatic rings. The highest BCUT2D eigenvalue weighted by molar-refractivity contribution is 7.99. The third-order valence-corrected chi connectivity index (χ3v) is 2.89. The van der Waals surface area contributed by atoms with Gasteiger partial charge in [-0.15, -0.1) is 16.9 Å². The molecule has 2 aromatic heterocycles. The average molecular weight is 250 g/mol. The monoisotopic (exact) mass is 250 g/mol. The molecule has 0 aromatic carbocycles. The van der Waals surface area contributed by atoms with Gasteiger partial charge in [-0.1, -0.05) is 11.3 Å². The minimum atomic E-state index is -1.06. The Morgan fingerprint density at radius 2 is 2.35 bits per heavy atom. The van der Waals surface area contributed by atoms with Gasteiger partial charge in [0.2, 0.25) is 0 Å². The Hall–Kier alpha value is -1.89. The van der Waals surface area contributed by atoms with Gasteiger partial charge in [0.15, 0.2) is 5.69 Å². The predicted molar refractivity (Wildman–Crippen MR) is 61.9 cm³/mol. The zero-order valence-electron chi connectivity index (χ0n) is 8.85. The summed E-state index contributed by atoms with van der Waals surface area (Å²) < 4.78 is 1.51. The molecule has 0 amide bonds. The van der Waals surface area contributed by atoms with E-state index < -0.39 is 5.97 Å². The molecule has 6 nitrogen and oxygen atoms in total. The van der Waals surface area contributed by atoms with E-state index in [9.17, 15) is 4.79 Å². The standard InChI is InChI=1S/C10H10N4O2S/c15-10(16)8-7-14(13-12-8)5-6-17-9-3-1-2-4-11-9/h1-4,7H,5-6H2,(H,15,16). The lowest BCUT2D eigenvalue weighted by atomic mass is 10.5. The Balaban J connectivity index is 1.84. The number of carboxylic acids is 1. The maximum atomic E-state index is 10.6. The van der Waals surface area contributed by atoms with Crippen molar-refractivity contribution < 1.29 is 9.90 Å². The molecule has 0 aliphatic heterocycles. The Kier molecular flexibility index (Phi) is 3.71. The highest BCUT2D eigenvalue weighted by Crippen LogP contribution is 2.13. The summed E-state index contributed by atoms with van der Waals surface area (Å²) in [6.45, 7) is 0.599. The molecule has 0 saturated carbocycles. The van der Waals surface area contributed by atoms with Gasteiger partial charge in [0, 0.05) is 11.9 Å². The molecule has 0 aliphatic carbocycles. The predicted octanol–water partition coefficient (Wildman–Crippen LogP) is 1.16. The summed E-state index contributed by atoms with van der Waals surface area (Å²) >= 11 is 1.59. The number of aryl methyl sites for hydroxylation is 1. The van der Waals surface area contributed by atoms with Crippen LogP contribution in [-0.2, 0) is 6.54 Å².